The summed E-state index contributed by atoms with van der Waals surface area (Å²) in [5, 5.41) is 3.56. The average Bonchev–Trinajstić information content (AvgIpc) is 2.71. The van der Waals surface area contributed by atoms with Crippen LogP contribution < -0.4 is 10.1 Å². The van der Waals surface area contributed by atoms with Crippen LogP contribution in [0.3, 0.4) is 0 Å². The molecule has 1 aliphatic heterocycles. The van der Waals surface area contributed by atoms with Gasteiger partial charge in [-0.1, -0.05) is 35.3 Å². The normalized spacial score (nSPS) is 14.7. The Labute approximate surface area is 168 Å². The molecule has 0 bridgehead atoms. The van der Waals surface area contributed by atoms with Crippen LogP contribution in [-0.4, -0.2) is 36.9 Å². The van der Waals surface area contributed by atoms with Crippen LogP contribution in [0, 0.1) is 5.92 Å². The lowest BCUT2D eigenvalue weighted by Crippen LogP contribution is -2.41. The zero-order chi connectivity index (χ0) is 19.4. The van der Waals surface area contributed by atoms with Crippen molar-refractivity contribution in [2.24, 2.45) is 5.92 Å². The summed E-state index contributed by atoms with van der Waals surface area (Å²) in [5.41, 5.74) is 1.09. The molecule has 1 saturated heterocycles. The molecule has 1 heterocycles. The van der Waals surface area contributed by atoms with Gasteiger partial charge in [0, 0.05) is 24.6 Å². The maximum atomic E-state index is 12.7. The van der Waals surface area contributed by atoms with E-state index >= 15 is 0 Å². The third kappa shape index (κ3) is 4.54. The molecule has 0 spiro atoms. The van der Waals surface area contributed by atoms with Crippen molar-refractivity contribution in [1.29, 1.82) is 0 Å². The summed E-state index contributed by atoms with van der Waals surface area (Å²) in [4.78, 5) is 27.0. The molecular weight excluding hydrogens is 387 g/mol. The highest BCUT2D eigenvalue weighted by Gasteiger charge is 2.28. The minimum atomic E-state index is -0.172. The molecule has 0 atom stereocenters. The fourth-order valence-electron chi connectivity index (χ4n) is 3.12. The molecule has 1 N–H and O–H groups in total. The van der Waals surface area contributed by atoms with Gasteiger partial charge >= 0.3 is 0 Å². The first-order chi connectivity index (χ1) is 13.0. The Morgan fingerprint density at radius 1 is 1.11 bits per heavy atom. The van der Waals surface area contributed by atoms with Crippen LogP contribution in [0.1, 0.15) is 23.2 Å². The van der Waals surface area contributed by atoms with Gasteiger partial charge in [0.1, 0.15) is 5.75 Å². The minimum Gasteiger partial charge on any atom is -0.497 e. The van der Waals surface area contributed by atoms with Gasteiger partial charge in [0.25, 0.3) is 5.91 Å². The molecule has 0 radical (unpaired) electrons. The maximum absolute atomic E-state index is 12.7. The van der Waals surface area contributed by atoms with E-state index in [0.717, 1.165) is 0 Å². The Morgan fingerprint density at radius 3 is 2.52 bits per heavy atom. The zero-order valence-electron chi connectivity index (χ0n) is 14.9. The van der Waals surface area contributed by atoms with Crippen molar-refractivity contribution in [2.45, 2.75) is 12.8 Å². The number of nitrogens with zero attached hydrogens (tertiary/aromatic N) is 1. The van der Waals surface area contributed by atoms with Crippen LogP contribution in [0.2, 0.25) is 10.0 Å². The molecule has 3 rings (SSSR count). The first-order valence-electron chi connectivity index (χ1n) is 8.68. The van der Waals surface area contributed by atoms with Gasteiger partial charge in [-0.15, -0.1) is 0 Å². The Morgan fingerprint density at radius 2 is 1.81 bits per heavy atom. The third-order valence-corrected chi connectivity index (χ3v) is 5.50. The smallest absolute Gasteiger partial charge is 0.253 e. The molecule has 27 heavy (non-hydrogen) atoms. The predicted molar refractivity (Wildman–Crippen MR) is 107 cm³/mol. The van der Waals surface area contributed by atoms with E-state index in [4.69, 9.17) is 27.9 Å². The number of benzene rings is 2. The van der Waals surface area contributed by atoms with E-state index < -0.39 is 0 Å². The van der Waals surface area contributed by atoms with Crippen molar-refractivity contribution in [2.75, 3.05) is 25.5 Å². The number of carbonyl (C=O) groups is 2. The molecule has 2 aromatic carbocycles. The number of amides is 2. The second kappa shape index (κ2) is 8.63. The quantitative estimate of drug-likeness (QED) is 0.813. The lowest BCUT2D eigenvalue weighted by Gasteiger charge is -2.31. The standard InChI is InChI=1S/C20H20Cl2N2O3/c1-27-15-5-2-4-14(12-15)20(26)24-10-8-13(9-11-24)19(25)23-17-7-3-6-16(21)18(17)22/h2-7,12-13H,8-11H2,1H3,(H,23,25). The first kappa shape index (κ1) is 19.5. The number of hydrogen-bond acceptors (Lipinski definition) is 3. The highest BCUT2D eigenvalue weighted by molar-refractivity contribution is 6.44. The summed E-state index contributed by atoms with van der Waals surface area (Å²) in [5.74, 6) is 0.321. The lowest BCUT2D eigenvalue weighted by atomic mass is 9.95. The second-order valence-corrected chi connectivity index (χ2v) is 7.17. The van der Waals surface area contributed by atoms with E-state index in [2.05, 4.69) is 5.32 Å². The van der Waals surface area contributed by atoms with Gasteiger partial charge in [-0.05, 0) is 43.2 Å². The van der Waals surface area contributed by atoms with E-state index in [1.54, 1.807) is 54.5 Å². The van der Waals surface area contributed by atoms with Crippen molar-refractivity contribution in [3.8, 4) is 5.75 Å². The molecule has 5 nitrogen and oxygen atoms in total. The van der Waals surface area contributed by atoms with Gasteiger partial charge in [0.15, 0.2) is 0 Å². The van der Waals surface area contributed by atoms with Crippen molar-refractivity contribution in [3.05, 3.63) is 58.1 Å². The number of anilines is 1. The number of halogens is 2. The highest BCUT2D eigenvalue weighted by Crippen LogP contribution is 2.30. The van der Waals surface area contributed by atoms with E-state index in [-0.39, 0.29) is 17.7 Å². The number of hydrogen-bond donors (Lipinski definition) is 1. The zero-order valence-corrected chi connectivity index (χ0v) is 16.4. The first-order valence-corrected chi connectivity index (χ1v) is 9.43. The van der Waals surface area contributed by atoms with Crippen LogP contribution in [-0.2, 0) is 4.79 Å². The summed E-state index contributed by atoms with van der Waals surface area (Å²) >= 11 is 12.1. The molecule has 1 fully saturated rings. The summed E-state index contributed by atoms with van der Waals surface area (Å²) in [6, 6.07) is 12.2. The second-order valence-electron chi connectivity index (χ2n) is 6.39. The molecular formula is C20H20Cl2N2O3. The van der Waals surface area contributed by atoms with Gasteiger partial charge in [0.2, 0.25) is 5.91 Å². The molecule has 0 aliphatic carbocycles. The average molecular weight is 407 g/mol. The van der Waals surface area contributed by atoms with Gasteiger partial charge < -0.3 is 15.0 Å². The topological polar surface area (TPSA) is 58.6 Å². The molecule has 1 aliphatic rings. The third-order valence-electron chi connectivity index (χ3n) is 4.68. The Kier molecular flexibility index (Phi) is 6.24. The predicted octanol–water partition coefficient (Wildman–Crippen LogP) is 4.49. The Bertz CT molecular complexity index is 849. The van der Waals surface area contributed by atoms with Gasteiger partial charge in [0.05, 0.1) is 22.8 Å². The fraction of sp³-hybridized carbons (Fsp3) is 0.300. The number of carbonyl (C=O) groups excluding carboxylic acids is 2. The van der Waals surface area contributed by atoms with E-state index in [9.17, 15) is 9.59 Å². The van der Waals surface area contributed by atoms with Crippen LogP contribution >= 0.6 is 23.2 Å². The van der Waals surface area contributed by atoms with Crippen molar-refractivity contribution < 1.29 is 14.3 Å². The number of piperidine rings is 1. The van der Waals surface area contributed by atoms with Crippen LogP contribution in [0.15, 0.2) is 42.5 Å². The summed E-state index contributed by atoms with van der Waals surface area (Å²) in [6.07, 6.45) is 1.19. The van der Waals surface area contributed by atoms with Crippen LogP contribution in [0.4, 0.5) is 5.69 Å². The molecule has 0 aromatic heterocycles. The van der Waals surface area contributed by atoms with Crippen LogP contribution in [0.25, 0.3) is 0 Å². The highest BCUT2D eigenvalue weighted by atomic mass is 35.5. The fourth-order valence-corrected chi connectivity index (χ4v) is 3.47. The maximum Gasteiger partial charge on any atom is 0.253 e. The van der Waals surface area contributed by atoms with Crippen molar-refractivity contribution >= 4 is 40.7 Å². The molecule has 2 aromatic rings. The van der Waals surface area contributed by atoms with Gasteiger partial charge in [-0.25, -0.2) is 0 Å². The number of methoxy groups -OCH3 is 1. The summed E-state index contributed by atoms with van der Waals surface area (Å²) in [7, 11) is 1.57. The van der Waals surface area contributed by atoms with E-state index in [1.807, 2.05) is 0 Å². The molecule has 142 valence electrons. The number of ether oxygens (including phenoxy) is 1. The summed E-state index contributed by atoms with van der Waals surface area (Å²) in [6.45, 7) is 1.05. The van der Waals surface area contributed by atoms with Crippen molar-refractivity contribution in [1.82, 2.24) is 4.90 Å². The molecule has 2 amide bonds. The lowest BCUT2D eigenvalue weighted by molar-refractivity contribution is -0.121. The van der Waals surface area contributed by atoms with Crippen molar-refractivity contribution in [3.63, 3.8) is 0 Å². The SMILES string of the molecule is COc1cccc(C(=O)N2CCC(C(=O)Nc3cccc(Cl)c3Cl)CC2)c1. The molecule has 0 unspecified atom stereocenters. The van der Waals surface area contributed by atoms with E-state index in [0.29, 0.717) is 53.0 Å². The number of likely N-dealkylation sites (tertiary alicyclic amines) is 1. The number of nitrogens with one attached hydrogen (secondary N) is 1. The Hall–Kier alpha value is -2.24. The Balaban J connectivity index is 1.58. The van der Waals surface area contributed by atoms with Crippen LogP contribution in [0.5, 0.6) is 5.75 Å². The molecule has 7 heteroatoms. The number of rotatable bonds is 4. The van der Waals surface area contributed by atoms with Gasteiger partial charge in [-0.3, -0.25) is 9.59 Å². The molecule has 0 saturated carbocycles. The summed E-state index contributed by atoms with van der Waals surface area (Å²) < 4.78 is 5.17. The van der Waals surface area contributed by atoms with E-state index in [1.165, 1.54) is 0 Å². The monoisotopic (exact) mass is 406 g/mol. The minimum absolute atomic E-state index is 0.0503. The van der Waals surface area contributed by atoms with Gasteiger partial charge in [-0.2, -0.15) is 0 Å². The largest absolute Gasteiger partial charge is 0.497 e.